The van der Waals surface area contributed by atoms with Crippen molar-refractivity contribution >= 4 is 28.6 Å². The maximum atomic E-state index is 10.7. The van der Waals surface area contributed by atoms with Gasteiger partial charge in [-0.2, -0.15) is 5.10 Å². The van der Waals surface area contributed by atoms with Gasteiger partial charge in [-0.1, -0.05) is 18.2 Å². The molecule has 0 fully saturated rings. The molecule has 0 aliphatic rings. The standard InChI is InChI=1S/C15H11N5O2/c21-20(22)13-5-3-4-11(8-13)19-17-10-12-9-16-14-6-1-2-7-15(14)18-12/h1-10,19H/b17-10-. The second-order valence-corrected chi connectivity index (χ2v) is 4.46. The molecule has 1 aromatic heterocycles. The summed E-state index contributed by atoms with van der Waals surface area (Å²) in [6.07, 6.45) is 3.12. The van der Waals surface area contributed by atoms with Gasteiger partial charge in [-0.25, -0.2) is 4.98 Å². The number of nitrogens with one attached hydrogen (secondary N) is 1. The molecule has 0 aliphatic carbocycles. The lowest BCUT2D eigenvalue weighted by Gasteiger charge is -2.00. The Morgan fingerprint density at radius 2 is 1.95 bits per heavy atom. The van der Waals surface area contributed by atoms with Crippen molar-refractivity contribution < 1.29 is 4.92 Å². The topological polar surface area (TPSA) is 93.3 Å². The molecule has 0 unspecified atom stereocenters. The lowest BCUT2D eigenvalue weighted by Crippen LogP contribution is -1.95. The number of para-hydroxylation sites is 2. The number of benzene rings is 2. The molecule has 0 amide bonds. The number of aromatic nitrogens is 2. The zero-order valence-electron chi connectivity index (χ0n) is 11.4. The van der Waals surface area contributed by atoms with Gasteiger partial charge in [0.05, 0.1) is 34.1 Å². The predicted molar refractivity (Wildman–Crippen MR) is 83.9 cm³/mol. The van der Waals surface area contributed by atoms with E-state index in [1.54, 1.807) is 18.3 Å². The molecule has 0 radical (unpaired) electrons. The number of hydrogen-bond donors (Lipinski definition) is 1. The van der Waals surface area contributed by atoms with E-state index in [0.29, 0.717) is 11.4 Å². The minimum atomic E-state index is -0.455. The summed E-state index contributed by atoms with van der Waals surface area (Å²) in [5, 5.41) is 14.7. The molecule has 0 saturated heterocycles. The quantitative estimate of drug-likeness (QED) is 0.453. The lowest BCUT2D eigenvalue weighted by atomic mass is 10.3. The Kier molecular flexibility index (Phi) is 3.69. The second kappa shape index (κ2) is 5.96. The minimum Gasteiger partial charge on any atom is -0.278 e. The summed E-state index contributed by atoms with van der Waals surface area (Å²) in [6.45, 7) is 0. The number of nitrogens with zero attached hydrogens (tertiary/aromatic N) is 4. The van der Waals surface area contributed by atoms with E-state index in [9.17, 15) is 10.1 Å². The third-order valence-electron chi connectivity index (χ3n) is 2.91. The first-order valence-corrected chi connectivity index (χ1v) is 6.48. The molecule has 1 N–H and O–H groups in total. The molecule has 2 aromatic carbocycles. The molecule has 3 aromatic rings. The summed E-state index contributed by atoms with van der Waals surface area (Å²) in [4.78, 5) is 18.9. The molecule has 0 aliphatic heterocycles. The first-order chi connectivity index (χ1) is 10.7. The molecule has 7 nitrogen and oxygen atoms in total. The summed E-state index contributed by atoms with van der Waals surface area (Å²) in [5.41, 5.74) is 5.45. The number of anilines is 1. The van der Waals surface area contributed by atoms with Crippen LogP contribution < -0.4 is 5.43 Å². The molecular formula is C15H11N5O2. The highest BCUT2D eigenvalue weighted by Crippen LogP contribution is 2.16. The minimum absolute atomic E-state index is 0.00527. The molecule has 0 bridgehead atoms. The molecule has 0 saturated carbocycles. The van der Waals surface area contributed by atoms with Crippen LogP contribution in [0.1, 0.15) is 5.69 Å². The van der Waals surface area contributed by atoms with Crippen LogP contribution in [-0.2, 0) is 0 Å². The van der Waals surface area contributed by atoms with Crippen LogP contribution in [0.2, 0.25) is 0 Å². The zero-order valence-corrected chi connectivity index (χ0v) is 11.4. The van der Waals surface area contributed by atoms with E-state index < -0.39 is 4.92 Å². The van der Waals surface area contributed by atoms with E-state index in [4.69, 9.17) is 0 Å². The SMILES string of the molecule is O=[N+]([O-])c1cccc(N/N=C\c2cnc3ccccc3n2)c1. The Bertz CT molecular complexity index is 863. The number of hydrazone groups is 1. The average molecular weight is 293 g/mol. The largest absolute Gasteiger partial charge is 0.278 e. The van der Waals surface area contributed by atoms with Crippen molar-refractivity contribution in [2.75, 3.05) is 5.43 Å². The van der Waals surface area contributed by atoms with Crippen LogP contribution in [0.15, 0.2) is 59.8 Å². The maximum absolute atomic E-state index is 10.7. The van der Waals surface area contributed by atoms with Crippen LogP contribution in [0.3, 0.4) is 0 Å². The number of rotatable bonds is 4. The van der Waals surface area contributed by atoms with E-state index in [-0.39, 0.29) is 5.69 Å². The summed E-state index contributed by atoms with van der Waals surface area (Å²) in [6, 6.07) is 13.6. The lowest BCUT2D eigenvalue weighted by molar-refractivity contribution is -0.384. The van der Waals surface area contributed by atoms with Gasteiger partial charge in [0, 0.05) is 12.1 Å². The van der Waals surface area contributed by atoms with E-state index >= 15 is 0 Å². The number of nitro groups is 1. The third kappa shape index (κ3) is 3.04. The summed E-state index contributed by atoms with van der Waals surface area (Å²) >= 11 is 0. The fourth-order valence-corrected chi connectivity index (χ4v) is 1.90. The van der Waals surface area contributed by atoms with Crippen LogP contribution in [0, 0.1) is 10.1 Å². The molecule has 7 heteroatoms. The molecule has 0 atom stereocenters. The van der Waals surface area contributed by atoms with Crippen LogP contribution >= 0.6 is 0 Å². The number of non-ortho nitro benzene ring substituents is 1. The Morgan fingerprint density at radius 3 is 2.77 bits per heavy atom. The Balaban J connectivity index is 1.75. The van der Waals surface area contributed by atoms with E-state index in [1.165, 1.54) is 18.3 Å². The molecule has 0 spiro atoms. The van der Waals surface area contributed by atoms with Gasteiger partial charge in [-0.05, 0) is 18.2 Å². The van der Waals surface area contributed by atoms with Gasteiger partial charge in [-0.3, -0.25) is 20.5 Å². The molecular weight excluding hydrogens is 282 g/mol. The number of nitro benzene ring substituents is 1. The van der Waals surface area contributed by atoms with E-state index in [1.807, 2.05) is 24.3 Å². The van der Waals surface area contributed by atoms with Crippen molar-refractivity contribution in [2.24, 2.45) is 5.10 Å². The van der Waals surface area contributed by atoms with Gasteiger partial charge in [0.1, 0.15) is 5.69 Å². The van der Waals surface area contributed by atoms with Crippen molar-refractivity contribution in [3.05, 3.63) is 70.5 Å². The van der Waals surface area contributed by atoms with Gasteiger partial charge in [0.25, 0.3) is 5.69 Å². The molecule has 3 rings (SSSR count). The maximum Gasteiger partial charge on any atom is 0.271 e. The van der Waals surface area contributed by atoms with Crippen LogP contribution in [0.4, 0.5) is 11.4 Å². The highest BCUT2D eigenvalue weighted by molar-refractivity contribution is 5.82. The van der Waals surface area contributed by atoms with Gasteiger partial charge in [0.2, 0.25) is 0 Å². The Hall–Kier alpha value is -3.35. The van der Waals surface area contributed by atoms with Crippen LogP contribution in [0.5, 0.6) is 0 Å². The van der Waals surface area contributed by atoms with Gasteiger partial charge in [0.15, 0.2) is 0 Å². The Labute approximate surface area is 125 Å². The smallest absolute Gasteiger partial charge is 0.271 e. The zero-order chi connectivity index (χ0) is 15.4. The first kappa shape index (κ1) is 13.6. The molecule has 22 heavy (non-hydrogen) atoms. The van der Waals surface area contributed by atoms with Crippen LogP contribution in [-0.4, -0.2) is 21.1 Å². The fraction of sp³-hybridized carbons (Fsp3) is 0. The third-order valence-corrected chi connectivity index (χ3v) is 2.91. The van der Waals surface area contributed by atoms with Gasteiger partial charge < -0.3 is 0 Å². The summed E-state index contributed by atoms with van der Waals surface area (Å²) < 4.78 is 0. The van der Waals surface area contributed by atoms with Gasteiger partial charge >= 0.3 is 0 Å². The summed E-state index contributed by atoms with van der Waals surface area (Å²) in [5.74, 6) is 0. The van der Waals surface area contributed by atoms with Crippen LogP contribution in [0.25, 0.3) is 11.0 Å². The van der Waals surface area contributed by atoms with E-state index in [2.05, 4.69) is 20.5 Å². The van der Waals surface area contributed by atoms with Crippen molar-refractivity contribution in [2.45, 2.75) is 0 Å². The summed E-state index contributed by atoms with van der Waals surface area (Å²) in [7, 11) is 0. The van der Waals surface area contributed by atoms with Gasteiger partial charge in [-0.15, -0.1) is 0 Å². The highest BCUT2D eigenvalue weighted by atomic mass is 16.6. The fourth-order valence-electron chi connectivity index (χ4n) is 1.90. The van der Waals surface area contributed by atoms with Crippen molar-refractivity contribution in [1.29, 1.82) is 0 Å². The first-order valence-electron chi connectivity index (χ1n) is 6.48. The van der Waals surface area contributed by atoms with Crippen molar-refractivity contribution in [3.8, 4) is 0 Å². The van der Waals surface area contributed by atoms with Crippen molar-refractivity contribution in [1.82, 2.24) is 9.97 Å². The second-order valence-electron chi connectivity index (χ2n) is 4.46. The Morgan fingerprint density at radius 1 is 1.14 bits per heavy atom. The highest BCUT2D eigenvalue weighted by Gasteiger charge is 2.04. The normalized spacial score (nSPS) is 10.9. The molecule has 1 heterocycles. The average Bonchev–Trinajstić information content (AvgIpc) is 2.55. The van der Waals surface area contributed by atoms with Crippen molar-refractivity contribution in [3.63, 3.8) is 0 Å². The van der Waals surface area contributed by atoms with E-state index in [0.717, 1.165) is 11.0 Å². The number of fused-ring (bicyclic) bond motifs is 1. The predicted octanol–water partition coefficient (Wildman–Crippen LogP) is 2.98. The monoisotopic (exact) mass is 293 g/mol. The molecule has 108 valence electrons. The number of hydrogen-bond acceptors (Lipinski definition) is 6.